The molecule has 0 spiro atoms. The zero-order chi connectivity index (χ0) is 19.1. The molecule has 138 valence electrons. The van der Waals surface area contributed by atoms with Crippen LogP contribution < -0.4 is 20.1 Å². The molecule has 2 N–H and O–H groups in total. The summed E-state index contributed by atoms with van der Waals surface area (Å²) in [4.78, 5) is 12.3. The molecule has 7 nitrogen and oxygen atoms in total. The van der Waals surface area contributed by atoms with Crippen LogP contribution in [-0.4, -0.2) is 30.3 Å². The van der Waals surface area contributed by atoms with Gasteiger partial charge in [0.2, 0.25) is 0 Å². The van der Waals surface area contributed by atoms with Crippen LogP contribution in [0.4, 0.5) is 11.5 Å². The Morgan fingerprint density at radius 2 is 1.70 bits per heavy atom. The molecule has 0 saturated carbocycles. The van der Waals surface area contributed by atoms with Gasteiger partial charge in [-0.2, -0.15) is 0 Å². The van der Waals surface area contributed by atoms with E-state index in [1.54, 1.807) is 50.6 Å². The minimum Gasteiger partial charge on any atom is -0.497 e. The van der Waals surface area contributed by atoms with Gasteiger partial charge in [0, 0.05) is 18.3 Å². The van der Waals surface area contributed by atoms with Crippen LogP contribution in [0.3, 0.4) is 0 Å². The van der Waals surface area contributed by atoms with E-state index in [0.717, 1.165) is 11.3 Å². The second-order valence-electron chi connectivity index (χ2n) is 5.69. The third-order valence-electron chi connectivity index (χ3n) is 3.86. The van der Waals surface area contributed by atoms with E-state index in [4.69, 9.17) is 9.47 Å². The molecule has 0 saturated heterocycles. The number of hydrogen-bond acceptors (Lipinski definition) is 6. The number of aromatic nitrogens is 2. The third kappa shape index (κ3) is 4.94. The summed E-state index contributed by atoms with van der Waals surface area (Å²) >= 11 is 0. The summed E-state index contributed by atoms with van der Waals surface area (Å²) in [7, 11) is 3.21. The lowest BCUT2D eigenvalue weighted by molar-refractivity contribution is 0.102. The molecular formula is C20H20N4O3. The molecule has 0 radical (unpaired) electrons. The van der Waals surface area contributed by atoms with Gasteiger partial charge in [-0.1, -0.05) is 18.2 Å². The summed E-state index contributed by atoms with van der Waals surface area (Å²) in [6.45, 7) is 0.591. The quantitative estimate of drug-likeness (QED) is 0.669. The van der Waals surface area contributed by atoms with Gasteiger partial charge in [0.25, 0.3) is 5.91 Å². The van der Waals surface area contributed by atoms with Crippen molar-refractivity contribution >= 4 is 17.4 Å². The molecule has 1 aromatic heterocycles. The number of rotatable bonds is 7. The van der Waals surface area contributed by atoms with E-state index in [1.807, 2.05) is 24.3 Å². The maximum atomic E-state index is 12.3. The SMILES string of the molecule is COc1ccc(CNc2ccc(C(=O)Nc3cccc(OC)c3)nn2)cc1. The molecule has 1 amide bonds. The fourth-order valence-corrected chi connectivity index (χ4v) is 2.38. The van der Waals surface area contributed by atoms with Crippen molar-refractivity contribution in [3.05, 3.63) is 71.9 Å². The number of benzene rings is 2. The lowest BCUT2D eigenvalue weighted by Crippen LogP contribution is -2.15. The molecule has 27 heavy (non-hydrogen) atoms. The van der Waals surface area contributed by atoms with Crippen LogP contribution in [0.15, 0.2) is 60.7 Å². The highest BCUT2D eigenvalue weighted by atomic mass is 16.5. The molecule has 3 aromatic rings. The van der Waals surface area contributed by atoms with Crippen molar-refractivity contribution in [3.63, 3.8) is 0 Å². The van der Waals surface area contributed by atoms with E-state index >= 15 is 0 Å². The standard InChI is InChI=1S/C20H20N4O3/c1-26-16-8-6-14(7-9-16)13-21-19-11-10-18(23-24-19)20(25)22-15-4-3-5-17(12-15)27-2/h3-12H,13H2,1-2H3,(H,21,24)(H,22,25). The van der Waals surface area contributed by atoms with Crippen molar-refractivity contribution in [1.29, 1.82) is 0 Å². The predicted molar refractivity (Wildman–Crippen MR) is 103 cm³/mol. The monoisotopic (exact) mass is 364 g/mol. The molecule has 0 aliphatic heterocycles. The Kier molecular flexibility index (Phi) is 5.84. The Morgan fingerprint density at radius 1 is 0.926 bits per heavy atom. The summed E-state index contributed by atoms with van der Waals surface area (Å²) < 4.78 is 10.3. The topological polar surface area (TPSA) is 85.4 Å². The number of methoxy groups -OCH3 is 2. The van der Waals surface area contributed by atoms with E-state index < -0.39 is 0 Å². The van der Waals surface area contributed by atoms with Gasteiger partial charge in [-0.3, -0.25) is 4.79 Å². The number of amides is 1. The van der Waals surface area contributed by atoms with Crippen molar-refractivity contribution in [2.45, 2.75) is 6.54 Å². The van der Waals surface area contributed by atoms with Crippen molar-refractivity contribution in [3.8, 4) is 11.5 Å². The smallest absolute Gasteiger partial charge is 0.276 e. The maximum Gasteiger partial charge on any atom is 0.276 e. The molecule has 0 aliphatic carbocycles. The van der Waals surface area contributed by atoms with Crippen molar-refractivity contribution in [1.82, 2.24) is 10.2 Å². The van der Waals surface area contributed by atoms with Gasteiger partial charge in [0.1, 0.15) is 17.3 Å². The Balaban J connectivity index is 1.57. The highest BCUT2D eigenvalue weighted by molar-refractivity contribution is 6.02. The van der Waals surface area contributed by atoms with Gasteiger partial charge in [0.15, 0.2) is 5.69 Å². The fourth-order valence-electron chi connectivity index (χ4n) is 2.38. The lowest BCUT2D eigenvalue weighted by Gasteiger charge is -2.08. The normalized spacial score (nSPS) is 10.1. The number of anilines is 2. The fraction of sp³-hybridized carbons (Fsp3) is 0.150. The third-order valence-corrected chi connectivity index (χ3v) is 3.86. The average molecular weight is 364 g/mol. The summed E-state index contributed by atoms with van der Waals surface area (Å²) in [5.41, 5.74) is 1.94. The molecule has 7 heteroatoms. The minimum atomic E-state index is -0.336. The number of ether oxygens (including phenoxy) is 2. The van der Waals surface area contributed by atoms with E-state index in [2.05, 4.69) is 20.8 Å². The van der Waals surface area contributed by atoms with Crippen LogP contribution >= 0.6 is 0 Å². The van der Waals surface area contributed by atoms with Gasteiger partial charge in [0.05, 0.1) is 14.2 Å². The molecule has 0 bridgehead atoms. The highest BCUT2D eigenvalue weighted by Crippen LogP contribution is 2.17. The molecule has 1 heterocycles. The Hall–Kier alpha value is -3.61. The first-order chi connectivity index (χ1) is 13.2. The van der Waals surface area contributed by atoms with Crippen LogP contribution in [0.25, 0.3) is 0 Å². The summed E-state index contributed by atoms with van der Waals surface area (Å²) in [5.74, 6) is 1.73. The largest absolute Gasteiger partial charge is 0.497 e. The summed E-state index contributed by atoms with van der Waals surface area (Å²) in [6.07, 6.45) is 0. The van der Waals surface area contributed by atoms with Crippen molar-refractivity contribution < 1.29 is 14.3 Å². The van der Waals surface area contributed by atoms with Crippen LogP contribution in [0.1, 0.15) is 16.1 Å². The van der Waals surface area contributed by atoms with Gasteiger partial charge in [-0.15, -0.1) is 10.2 Å². The lowest BCUT2D eigenvalue weighted by atomic mass is 10.2. The first-order valence-electron chi connectivity index (χ1n) is 8.34. The van der Waals surface area contributed by atoms with E-state index in [0.29, 0.717) is 23.8 Å². The summed E-state index contributed by atoms with van der Waals surface area (Å²) in [5, 5.41) is 14.0. The van der Waals surface area contributed by atoms with E-state index in [1.165, 1.54) is 0 Å². The molecule has 0 atom stereocenters. The Morgan fingerprint density at radius 3 is 2.37 bits per heavy atom. The van der Waals surface area contributed by atoms with Gasteiger partial charge in [-0.25, -0.2) is 0 Å². The maximum absolute atomic E-state index is 12.3. The number of carbonyl (C=O) groups is 1. The zero-order valence-electron chi connectivity index (χ0n) is 15.1. The number of nitrogens with zero attached hydrogens (tertiary/aromatic N) is 2. The zero-order valence-corrected chi connectivity index (χ0v) is 15.1. The highest BCUT2D eigenvalue weighted by Gasteiger charge is 2.09. The Bertz CT molecular complexity index is 896. The first kappa shape index (κ1) is 18.2. The van der Waals surface area contributed by atoms with E-state index in [-0.39, 0.29) is 11.6 Å². The number of carbonyl (C=O) groups excluding carboxylic acids is 1. The van der Waals surface area contributed by atoms with Gasteiger partial charge >= 0.3 is 0 Å². The predicted octanol–water partition coefficient (Wildman–Crippen LogP) is 3.36. The Labute approximate surface area is 157 Å². The van der Waals surface area contributed by atoms with Crippen molar-refractivity contribution in [2.24, 2.45) is 0 Å². The second kappa shape index (κ2) is 8.66. The molecule has 3 rings (SSSR count). The number of hydrogen-bond donors (Lipinski definition) is 2. The molecule has 0 unspecified atom stereocenters. The van der Waals surface area contributed by atoms with Gasteiger partial charge in [-0.05, 0) is 42.0 Å². The van der Waals surface area contributed by atoms with Crippen LogP contribution in [0.5, 0.6) is 11.5 Å². The number of nitrogens with one attached hydrogen (secondary N) is 2. The molecule has 2 aromatic carbocycles. The minimum absolute atomic E-state index is 0.229. The summed E-state index contributed by atoms with van der Waals surface area (Å²) in [6, 6.07) is 18.2. The molecular weight excluding hydrogens is 344 g/mol. The average Bonchev–Trinajstić information content (AvgIpc) is 2.73. The van der Waals surface area contributed by atoms with Crippen molar-refractivity contribution in [2.75, 3.05) is 24.9 Å². The molecule has 0 aliphatic rings. The van der Waals surface area contributed by atoms with Crippen LogP contribution in [0.2, 0.25) is 0 Å². The van der Waals surface area contributed by atoms with Gasteiger partial charge < -0.3 is 20.1 Å². The van der Waals surface area contributed by atoms with Crippen LogP contribution in [0, 0.1) is 0 Å². The second-order valence-corrected chi connectivity index (χ2v) is 5.69. The first-order valence-corrected chi connectivity index (χ1v) is 8.34. The molecule has 0 fully saturated rings. The van der Waals surface area contributed by atoms with Crippen LogP contribution in [-0.2, 0) is 6.54 Å². The van der Waals surface area contributed by atoms with E-state index in [9.17, 15) is 4.79 Å².